The van der Waals surface area contributed by atoms with Crippen molar-refractivity contribution >= 4 is 34.7 Å². The summed E-state index contributed by atoms with van der Waals surface area (Å²) in [5, 5.41) is 2.90. The molecule has 0 saturated heterocycles. The number of carbonyl (C=O) groups excluding carboxylic acids is 1. The van der Waals surface area contributed by atoms with Crippen LogP contribution in [0.25, 0.3) is 0 Å². The number of alkyl halides is 1. The number of anilines is 1. The molecule has 1 heterocycles. The van der Waals surface area contributed by atoms with Crippen molar-refractivity contribution in [2.45, 2.75) is 20.3 Å². The van der Waals surface area contributed by atoms with E-state index in [2.05, 4.69) is 10.3 Å². The van der Waals surface area contributed by atoms with Gasteiger partial charge < -0.3 is 11.1 Å². The Hall–Kier alpha value is -1.55. The Labute approximate surface area is 111 Å². The number of aliphatic imine (C=N–C) groups is 1. The summed E-state index contributed by atoms with van der Waals surface area (Å²) >= 11 is 5.64. The molecule has 5 heteroatoms. The zero-order valence-electron chi connectivity index (χ0n) is 10.5. The highest BCUT2D eigenvalue weighted by molar-refractivity contribution is 6.28. The van der Waals surface area contributed by atoms with Crippen molar-refractivity contribution in [2.75, 3.05) is 11.2 Å². The number of nitrogens with zero attached hydrogens (tertiary/aromatic N) is 1. The van der Waals surface area contributed by atoms with Crippen molar-refractivity contribution in [1.29, 1.82) is 0 Å². The lowest BCUT2D eigenvalue weighted by atomic mass is 9.81. The lowest BCUT2D eigenvalue weighted by Crippen LogP contribution is -2.37. The first-order valence-electron chi connectivity index (χ1n) is 5.76. The van der Waals surface area contributed by atoms with Crippen molar-refractivity contribution in [2.24, 2.45) is 16.1 Å². The van der Waals surface area contributed by atoms with E-state index in [1.807, 2.05) is 32.0 Å². The summed E-state index contributed by atoms with van der Waals surface area (Å²) in [6.07, 6.45) is 0.642. The quantitative estimate of drug-likeness (QED) is 0.490. The monoisotopic (exact) mass is 265 g/mol. The van der Waals surface area contributed by atoms with Crippen molar-refractivity contribution in [3.8, 4) is 0 Å². The van der Waals surface area contributed by atoms with Crippen LogP contribution in [-0.2, 0) is 11.2 Å². The maximum Gasteiger partial charge on any atom is 0.230 e. The highest BCUT2D eigenvalue weighted by atomic mass is 35.5. The van der Waals surface area contributed by atoms with Gasteiger partial charge in [-0.05, 0) is 18.6 Å². The number of amides is 1. The summed E-state index contributed by atoms with van der Waals surface area (Å²) in [4.78, 5) is 16.2. The van der Waals surface area contributed by atoms with Gasteiger partial charge in [0.25, 0.3) is 0 Å². The Balaban J connectivity index is 2.48. The number of nitrogens with two attached hydrogens (primary N) is 1. The second kappa shape index (κ2) is 4.61. The van der Waals surface area contributed by atoms with Gasteiger partial charge >= 0.3 is 0 Å². The average molecular weight is 266 g/mol. The third-order valence-electron chi connectivity index (χ3n) is 3.03. The fourth-order valence-corrected chi connectivity index (χ4v) is 2.04. The van der Waals surface area contributed by atoms with E-state index in [-0.39, 0.29) is 11.8 Å². The number of rotatable bonds is 2. The van der Waals surface area contributed by atoms with Crippen LogP contribution in [0.5, 0.6) is 0 Å². The van der Waals surface area contributed by atoms with Gasteiger partial charge in [0, 0.05) is 16.7 Å². The fourth-order valence-electron chi connectivity index (χ4n) is 1.98. The second-order valence-electron chi connectivity index (χ2n) is 5.05. The van der Waals surface area contributed by atoms with Crippen LogP contribution in [-0.4, -0.2) is 17.6 Å². The first-order valence-corrected chi connectivity index (χ1v) is 6.30. The van der Waals surface area contributed by atoms with E-state index in [1.165, 1.54) is 0 Å². The lowest BCUT2D eigenvalue weighted by Gasteiger charge is -2.31. The molecule has 1 aliphatic rings. The molecule has 1 aromatic carbocycles. The molecule has 1 aliphatic heterocycles. The van der Waals surface area contributed by atoms with Gasteiger partial charge in [-0.1, -0.05) is 19.9 Å². The number of hydrogen-bond acceptors (Lipinski definition) is 2. The van der Waals surface area contributed by atoms with Gasteiger partial charge in [-0.3, -0.25) is 4.79 Å². The first kappa shape index (κ1) is 12.9. The third-order valence-corrected chi connectivity index (χ3v) is 3.31. The predicted molar refractivity (Wildman–Crippen MR) is 74.6 cm³/mol. The molecule has 0 spiro atoms. The van der Waals surface area contributed by atoms with E-state index >= 15 is 0 Å². The minimum absolute atomic E-state index is 0.0291. The fraction of sp³-hybridized carbons (Fsp3) is 0.385. The molecule has 96 valence electrons. The molecule has 0 aromatic heterocycles. The van der Waals surface area contributed by atoms with E-state index in [0.29, 0.717) is 12.3 Å². The van der Waals surface area contributed by atoms with Crippen LogP contribution in [0.15, 0.2) is 23.2 Å². The van der Waals surface area contributed by atoms with Gasteiger partial charge in [-0.2, -0.15) is 0 Å². The van der Waals surface area contributed by atoms with Crippen molar-refractivity contribution in [3.63, 3.8) is 0 Å². The Bertz CT molecular complexity index is 523. The molecule has 4 nitrogen and oxygen atoms in total. The van der Waals surface area contributed by atoms with Crippen molar-refractivity contribution < 1.29 is 4.79 Å². The summed E-state index contributed by atoms with van der Waals surface area (Å²) in [6.45, 7) is 3.83. The number of amidine groups is 1. The molecular formula is C13H16ClN3O. The minimum Gasteiger partial charge on any atom is -0.386 e. The Kier molecular flexibility index (Phi) is 3.30. The molecule has 0 atom stereocenters. The summed E-state index contributed by atoms with van der Waals surface area (Å²) in [5.41, 5.74) is 7.82. The molecule has 1 aromatic rings. The summed E-state index contributed by atoms with van der Waals surface area (Å²) in [6, 6.07) is 5.60. The smallest absolute Gasteiger partial charge is 0.230 e. The van der Waals surface area contributed by atoms with Gasteiger partial charge in [0.1, 0.15) is 5.84 Å². The molecule has 0 unspecified atom stereocenters. The number of fused-ring (bicyclic) bond motifs is 1. The average Bonchev–Trinajstić information content (AvgIpc) is 2.31. The Morgan fingerprint density at radius 3 is 2.94 bits per heavy atom. The molecule has 0 aliphatic carbocycles. The van der Waals surface area contributed by atoms with Crippen LogP contribution in [0, 0.1) is 5.41 Å². The highest BCUT2D eigenvalue weighted by Crippen LogP contribution is 2.38. The first-order chi connectivity index (χ1) is 8.44. The molecule has 0 bridgehead atoms. The molecule has 0 radical (unpaired) electrons. The van der Waals surface area contributed by atoms with E-state index in [0.717, 1.165) is 16.9 Å². The molecule has 18 heavy (non-hydrogen) atoms. The summed E-state index contributed by atoms with van der Waals surface area (Å²) < 4.78 is 0. The molecule has 2 rings (SSSR count). The highest BCUT2D eigenvalue weighted by Gasteiger charge is 2.34. The zero-order valence-corrected chi connectivity index (χ0v) is 11.2. The Morgan fingerprint density at radius 2 is 2.28 bits per heavy atom. The maximum atomic E-state index is 11.9. The lowest BCUT2D eigenvalue weighted by molar-refractivity contribution is -0.124. The van der Waals surface area contributed by atoms with E-state index in [4.69, 9.17) is 17.3 Å². The molecule has 0 saturated carbocycles. The summed E-state index contributed by atoms with van der Waals surface area (Å²) in [5.74, 6) is 0.598. The summed E-state index contributed by atoms with van der Waals surface area (Å²) in [7, 11) is 0. The molecule has 0 fully saturated rings. The van der Waals surface area contributed by atoms with Crippen LogP contribution >= 0.6 is 11.6 Å². The van der Waals surface area contributed by atoms with Gasteiger partial charge in [0.15, 0.2) is 0 Å². The van der Waals surface area contributed by atoms with Crippen LogP contribution in [0.1, 0.15) is 19.4 Å². The van der Waals surface area contributed by atoms with Crippen molar-refractivity contribution in [1.82, 2.24) is 0 Å². The van der Waals surface area contributed by atoms with E-state index in [1.54, 1.807) is 0 Å². The van der Waals surface area contributed by atoms with E-state index in [9.17, 15) is 4.79 Å². The van der Waals surface area contributed by atoms with Crippen LogP contribution in [0.3, 0.4) is 0 Å². The largest absolute Gasteiger partial charge is 0.386 e. The number of benzene rings is 1. The second-order valence-corrected chi connectivity index (χ2v) is 5.32. The van der Waals surface area contributed by atoms with Gasteiger partial charge in [-0.25, -0.2) is 4.99 Å². The van der Waals surface area contributed by atoms with Crippen LogP contribution < -0.4 is 11.1 Å². The molecular weight excluding hydrogens is 250 g/mol. The standard InChI is InChI=1S/C13H16ClN3O/c1-13(2)6-8-9(16-11(15)7-14)4-3-5-10(8)17-12(13)18/h3-5H,6-7H2,1-2H3,(H2,15,16)(H,17,18). The number of halogens is 1. The maximum absolute atomic E-state index is 11.9. The van der Waals surface area contributed by atoms with E-state index < -0.39 is 5.41 Å². The van der Waals surface area contributed by atoms with Gasteiger partial charge in [-0.15, -0.1) is 11.6 Å². The zero-order chi connectivity index (χ0) is 13.3. The van der Waals surface area contributed by atoms with Crippen molar-refractivity contribution in [3.05, 3.63) is 23.8 Å². The third kappa shape index (κ3) is 2.34. The van der Waals surface area contributed by atoms with Crippen LogP contribution in [0.2, 0.25) is 0 Å². The normalized spacial score (nSPS) is 18.2. The number of hydrogen-bond donors (Lipinski definition) is 2. The molecule has 1 amide bonds. The number of carbonyl (C=O) groups is 1. The SMILES string of the molecule is CC1(C)Cc2c(N=C(N)CCl)cccc2NC1=O. The predicted octanol–water partition coefficient (Wildman–Crippen LogP) is 2.43. The van der Waals surface area contributed by atoms with Gasteiger partial charge in [0.2, 0.25) is 5.91 Å². The molecule has 3 N–H and O–H groups in total. The Morgan fingerprint density at radius 1 is 1.56 bits per heavy atom. The topological polar surface area (TPSA) is 67.5 Å². The number of nitrogens with one attached hydrogen (secondary N) is 1. The van der Waals surface area contributed by atoms with Gasteiger partial charge in [0.05, 0.1) is 11.6 Å². The van der Waals surface area contributed by atoms with Crippen LogP contribution in [0.4, 0.5) is 11.4 Å². The minimum atomic E-state index is -0.436.